The Morgan fingerprint density at radius 3 is 2.32 bits per heavy atom. The lowest BCUT2D eigenvalue weighted by Crippen LogP contribution is -2.60. The van der Waals surface area contributed by atoms with Crippen molar-refractivity contribution in [1.82, 2.24) is 0 Å². The van der Waals surface area contributed by atoms with Gasteiger partial charge in [-0.2, -0.15) is 0 Å². The van der Waals surface area contributed by atoms with Crippen LogP contribution in [0.5, 0.6) is 0 Å². The molecule has 0 N–H and O–H groups in total. The molecule has 5 atom stereocenters. The molecule has 1 nitrogen and oxygen atoms in total. The second kappa shape index (κ2) is 4.23. The monoisotopic (exact) mass is 264 g/mol. The zero-order valence-corrected chi connectivity index (χ0v) is 13.6. The van der Waals surface area contributed by atoms with Crippen LogP contribution in [0.3, 0.4) is 0 Å². The van der Waals surface area contributed by atoms with E-state index in [1.54, 1.807) is 0 Å². The van der Waals surface area contributed by atoms with Crippen LogP contribution in [0.1, 0.15) is 79.6 Å². The molecule has 0 spiro atoms. The van der Waals surface area contributed by atoms with Crippen molar-refractivity contribution >= 4 is 0 Å². The summed E-state index contributed by atoms with van der Waals surface area (Å²) in [6, 6.07) is 0. The highest BCUT2D eigenvalue weighted by atomic mass is 16.5. The number of hydrogen-bond acceptors (Lipinski definition) is 1. The highest BCUT2D eigenvalue weighted by Crippen LogP contribution is 2.64. The van der Waals surface area contributed by atoms with Crippen molar-refractivity contribution in [1.29, 1.82) is 0 Å². The fourth-order valence-electron chi connectivity index (χ4n) is 6.30. The maximum atomic E-state index is 6.46. The first-order valence-electron chi connectivity index (χ1n) is 8.46. The number of rotatable bonds is 0. The van der Waals surface area contributed by atoms with Crippen molar-refractivity contribution < 1.29 is 4.74 Å². The summed E-state index contributed by atoms with van der Waals surface area (Å²) in [5.74, 6) is 1.69. The first kappa shape index (κ1) is 13.9. The Labute approximate surface area is 119 Å². The minimum atomic E-state index is 0.163. The molecule has 1 aliphatic heterocycles. The third-order valence-corrected chi connectivity index (χ3v) is 7.07. The van der Waals surface area contributed by atoms with Gasteiger partial charge in [-0.15, -0.1) is 0 Å². The Morgan fingerprint density at radius 2 is 1.58 bits per heavy atom. The Hall–Kier alpha value is -0.0400. The normalized spacial score (nSPS) is 53.2. The summed E-state index contributed by atoms with van der Waals surface area (Å²) in [4.78, 5) is 0. The molecule has 19 heavy (non-hydrogen) atoms. The van der Waals surface area contributed by atoms with E-state index in [4.69, 9.17) is 4.74 Å². The molecular formula is C18H32O. The summed E-state index contributed by atoms with van der Waals surface area (Å²) < 4.78 is 6.46. The topological polar surface area (TPSA) is 9.23 Å². The van der Waals surface area contributed by atoms with Gasteiger partial charge in [0.1, 0.15) is 0 Å². The van der Waals surface area contributed by atoms with Crippen molar-refractivity contribution in [3.8, 4) is 0 Å². The van der Waals surface area contributed by atoms with Crippen LogP contribution in [-0.2, 0) is 4.74 Å². The second-order valence-electron chi connectivity index (χ2n) is 8.81. The summed E-state index contributed by atoms with van der Waals surface area (Å²) >= 11 is 0. The van der Waals surface area contributed by atoms with Gasteiger partial charge < -0.3 is 4.74 Å². The van der Waals surface area contributed by atoms with E-state index in [2.05, 4.69) is 34.6 Å². The van der Waals surface area contributed by atoms with E-state index in [1.165, 1.54) is 44.9 Å². The van der Waals surface area contributed by atoms with Crippen LogP contribution in [0.15, 0.2) is 0 Å². The molecule has 2 aliphatic carbocycles. The van der Waals surface area contributed by atoms with Crippen LogP contribution in [0, 0.1) is 22.7 Å². The van der Waals surface area contributed by atoms with Gasteiger partial charge in [-0.1, -0.05) is 27.2 Å². The van der Waals surface area contributed by atoms with Crippen LogP contribution in [0.2, 0.25) is 0 Å². The van der Waals surface area contributed by atoms with Crippen LogP contribution in [0.4, 0.5) is 0 Å². The van der Waals surface area contributed by atoms with Crippen LogP contribution >= 0.6 is 0 Å². The smallest absolute Gasteiger partial charge is 0.0691 e. The minimum absolute atomic E-state index is 0.163. The highest BCUT2D eigenvalue weighted by molar-refractivity contribution is 5.09. The van der Waals surface area contributed by atoms with E-state index in [0.29, 0.717) is 16.9 Å². The van der Waals surface area contributed by atoms with E-state index in [9.17, 15) is 0 Å². The number of ether oxygens (including phenoxy) is 1. The van der Waals surface area contributed by atoms with Gasteiger partial charge in [0.2, 0.25) is 0 Å². The van der Waals surface area contributed by atoms with Crippen molar-refractivity contribution in [3.05, 3.63) is 0 Å². The Balaban J connectivity index is 1.94. The predicted molar refractivity (Wildman–Crippen MR) is 80.1 cm³/mol. The zero-order valence-electron chi connectivity index (χ0n) is 13.6. The molecule has 0 radical (unpaired) electrons. The number of fused-ring (bicyclic) bond motifs is 3. The van der Waals surface area contributed by atoms with E-state index in [-0.39, 0.29) is 5.60 Å². The second-order valence-corrected chi connectivity index (χ2v) is 8.81. The molecule has 0 aromatic carbocycles. The highest BCUT2D eigenvalue weighted by Gasteiger charge is 2.59. The molecule has 110 valence electrons. The third-order valence-electron chi connectivity index (χ3n) is 7.07. The lowest BCUT2D eigenvalue weighted by molar-refractivity contribution is -0.232. The van der Waals surface area contributed by atoms with Crippen molar-refractivity contribution in [2.75, 3.05) is 0 Å². The lowest BCUT2D eigenvalue weighted by Gasteiger charge is -2.64. The molecule has 1 heterocycles. The molecule has 1 saturated heterocycles. The van der Waals surface area contributed by atoms with Gasteiger partial charge in [-0.25, -0.2) is 0 Å². The maximum absolute atomic E-state index is 6.46. The fourth-order valence-corrected chi connectivity index (χ4v) is 6.30. The van der Waals surface area contributed by atoms with Gasteiger partial charge in [-0.05, 0) is 75.0 Å². The van der Waals surface area contributed by atoms with Gasteiger partial charge in [0, 0.05) is 0 Å². The van der Waals surface area contributed by atoms with E-state index < -0.39 is 0 Å². The minimum Gasteiger partial charge on any atom is -0.372 e. The molecule has 0 aromatic heterocycles. The first-order chi connectivity index (χ1) is 8.78. The summed E-state index contributed by atoms with van der Waals surface area (Å²) in [5, 5.41) is 0. The molecule has 0 bridgehead atoms. The molecule has 0 amide bonds. The molecule has 1 heteroatoms. The summed E-state index contributed by atoms with van der Waals surface area (Å²) in [7, 11) is 0. The molecule has 5 unspecified atom stereocenters. The average molecular weight is 264 g/mol. The van der Waals surface area contributed by atoms with Gasteiger partial charge >= 0.3 is 0 Å². The molecule has 3 aliphatic rings. The maximum Gasteiger partial charge on any atom is 0.0691 e. The largest absolute Gasteiger partial charge is 0.372 e. The van der Waals surface area contributed by atoms with E-state index >= 15 is 0 Å². The van der Waals surface area contributed by atoms with Crippen molar-refractivity contribution in [2.45, 2.75) is 91.3 Å². The van der Waals surface area contributed by atoms with Crippen molar-refractivity contribution in [3.63, 3.8) is 0 Å². The summed E-state index contributed by atoms with van der Waals surface area (Å²) in [6.45, 7) is 12.3. The summed E-state index contributed by atoms with van der Waals surface area (Å²) in [6.07, 6.45) is 10.1. The van der Waals surface area contributed by atoms with Crippen LogP contribution in [-0.4, -0.2) is 11.7 Å². The lowest BCUT2D eigenvalue weighted by atomic mass is 9.44. The van der Waals surface area contributed by atoms with Gasteiger partial charge in [0.15, 0.2) is 0 Å². The molecule has 3 rings (SSSR count). The average Bonchev–Trinajstić information content (AvgIpc) is 2.25. The van der Waals surface area contributed by atoms with Gasteiger partial charge in [0.05, 0.1) is 11.7 Å². The third kappa shape index (κ3) is 1.99. The first-order valence-corrected chi connectivity index (χ1v) is 8.46. The summed E-state index contributed by atoms with van der Waals surface area (Å²) in [5.41, 5.74) is 1.22. The number of hydrogen-bond donors (Lipinski definition) is 0. The Morgan fingerprint density at radius 1 is 0.842 bits per heavy atom. The van der Waals surface area contributed by atoms with Crippen LogP contribution in [0.25, 0.3) is 0 Å². The predicted octanol–water partition coefficient (Wildman–Crippen LogP) is 5.19. The quantitative estimate of drug-likeness (QED) is 0.585. The molecule has 2 saturated carbocycles. The molecule has 3 fully saturated rings. The molecule has 0 aromatic rings. The fraction of sp³-hybridized carbons (Fsp3) is 1.00. The Bertz CT molecular complexity index is 361. The van der Waals surface area contributed by atoms with E-state index in [0.717, 1.165) is 11.8 Å². The van der Waals surface area contributed by atoms with E-state index in [1.807, 2.05) is 0 Å². The zero-order chi connectivity index (χ0) is 13.9. The molecular weight excluding hydrogens is 232 g/mol. The Kier molecular flexibility index (Phi) is 3.10. The SMILES string of the molecule is CC1CCC2C(C)(CCC3C(C)(C)CCCC32C)O1. The van der Waals surface area contributed by atoms with Crippen LogP contribution < -0.4 is 0 Å². The van der Waals surface area contributed by atoms with Gasteiger partial charge in [0.25, 0.3) is 0 Å². The van der Waals surface area contributed by atoms with Gasteiger partial charge in [-0.3, -0.25) is 0 Å². The van der Waals surface area contributed by atoms with Crippen molar-refractivity contribution in [2.24, 2.45) is 22.7 Å². The standard InChI is InChI=1S/C18H32O/c1-13-7-8-15-17(4)11-6-10-16(2,3)14(17)9-12-18(15,5)19-13/h13-15H,6-12H2,1-5H3.